The lowest BCUT2D eigenvalue weighted by molar-refractivity contribution is 0.422. The molecule has 8 heteroatoms. The van der Waals surface area contributed by atoms with Gasteiger partial charge in [0.05, 0.1) is 0 Å². The summed E-state index contributed by atoms with van der Waals surface area (Å²) in [6, 6.07) is 0.857. The predicted molar refractivity (Wildman–Crippen MR) is 49.3 cm³/mol. The highest BCUT2D eigenvalue weighted by molar-refractivity contribution is 7.90. The fraction of sp³-hybridized carbons (Fsp3) is 0.143. The minimum atomic E-state index is -3.87. The third kappa shape index (κ3) is 2.52. The Morgan fingerprint density at radius 2 is 1.73 bits per heavy atom. The summed E-state index contributed by atoms with van der Waals surface area (Å²) in [6.45, 7) is 0. The van der Waals surface area contributed by atoms with E-state index in [4.69, 9.17) is 10.0 Å². The summed E-state index contributed by atoms with van der Waals surface area (Å²) in [4.78, 5) is -0.771. The number of benzene rings is 1. The normalized spacial score (nSPS) is 11.5. The van der Waals surface area contributed by atoms with Crippen LogP contribution in [0.15, 0.2) is 17.0 Å². The van der Waals surface area contributed by atoms with Crippen LogP contribution in [0.3, 0.4) is 0 Å². The van der Waals surface area contributed by atoms with Crippen LogP contribution in [0, 0.1) is 11.6 Å². The zero-order valence-electron chi connectivity index (χ0n) is 7.61. The van der Waals surface area contributed by atoms with E-state index in [0.717, 1.165) is 6.26 Å². The quantitative estimate of drug-likeness (QED) is 0.512. The lowest BCUT2D eigenvalue weighted by Crippen LogP contribution is -2.33. The van der Waals surface area contributed by atoms with Crippen molar-refractivity contribution in [2.45, 2.75) is 4.90 Å². The summed E-state index contributed by atoms with van der Waals surface area (Å²) in [5.74, 6) is -2.48. The van der Waals surface area contributed by atoms with Gasteiger partial charge in [0, 0.05) is 17.8 Å². The number of hydrogen-bond donors (Lipinski definition) is 2. The van der Waals surface area contributed by atoms with E-state index >= 15 is 0 Å². The van der Waals surface area contributed by atoms with Crippen molar-refractivity contribution in [3.63, 3.8) is 0 Å². The van der Waals surface area contributed by atoms with Gasteiger partial charge in [-0.05, 0) is 6.07 Å². The molecule has 1 rings (SSSR count). The Kier molecular flexibility index (Phi) is 3.12. The second kappa shape index (κ2) is 3.88. The molecule has 0 aliphatic heterocycles. The van der Waals surface area contributed by atoms with Crippen LogP contribution in [-0.2, 0) is 9.84 Å². The topological polar surface area (TPSA) is 74.6 Å². The fourth-order valence-corrected chi connectivity index (χ4v) is 1.78. The van der Waals surface area contributed by atoms with Gasteiger partial charge in [-0.15, -0.1) is 0 Å². The van der Waals surface area contributed by atoms with Gasteiger partial charge in [0.25, 0.3) is 0 Å². The number of hydrogen-bond acceptors (Lipinski definition) is 4. The van der Waals surface area contributed by atoms with Crippen LogP contribution in [0.5, 0.6) is 0 Å². The van der Waals surface area contributed by atoms with E-state index in [1.54, 1.807) is 0 Å². The zero-order valence-corrected chi connectivity index (χ0v) is 8.42. The molecule has 1 aromatic carbocycles. The molecule has 0 saturated carbocycles. The summed E-state index contributed by atoms with van der Waals surface area (Å²) < 4.78 is 48.0. The molecule has 0 aliphatic carbocycles. The number of sulfone groups is 1. The van der Waals surface area contributed by atoms with Gasteiger partial charge in [0.15, 0.2) is 9.84 Å². The highest BCUT2D eigenvalue weighted by Crippen LogP contribution is 2.14. The van der Waals surface area contributed by atoms with Crippen molar-refractivity contribution in [3.05, 3.63) is 23.8 Å². The fourth-order valence-electron chi connectivity index (χ4n) is 1.03. The van der Waals surface area contributed by atoms with Gasteiger partial charge < -0.3 is 10.0 Å². The van der Waals surface area contributed by atoms with Gasteiger partial charge in [-0.3, -0.25) is 0 Å². The maximum Gasteiger partial charge on any atom is 0.491 e. The standard InChI is InChI=1S/C7H7BF2O4S/c1-15(13,14)7-2-4(8(11)12)5(9)3-6(7)10/h2-3,11-12H,1H3. The second-order valence-electron chi connectivity index (χ2n) is 2.95. The minimum Gasteiger partial charge on any atom is -0.423 e. The number of halogens is 2. The van der Waals surface area contributed by atoms with Crippen LogP contribution in [-0.4, -0.2) is 31.8 Å². The van der Waals surface area contributed by atoms with Crippen molar-refractivity contribution >= 4 is 22.4 Å². The molecule has 0 aliphatic rings. The Hall–Kier alpha value is -0.985. The molecule has 15 heavy (non-hydrogen) atoms. The van der Waals surface area contributed by atoms with Gasteiger partial charge in [-0.25, -0.2) is 17.2 Å². The van der Waals surface area contributed by atoms with Gasteiger partial charge in [0.2, 0.25) is 0 Å². The lowest BCUT2D eigenvalue weighted by Gasteiger charge is -2.05. The van der Waals surface area contributed by atoms with Gasteiger partial charge >= 0.3 is 7.12 Å². The molecule has 0 spiro atoms. The van der Waals surface area contributed by atoms with E-state index in [0.29, 0.717) is 12.1 Å². The summed E-state index contributed by atoms with van der Waals surface area (Å²) >= 11 is 0. The van der Waals surface area contributed by atoms with E-state index in [1.807, 2.05) is 0 Å². The Morgan fingerprint density at radius 3 is 2.13 bits per heavy atom. The molecule has 0 amide bonds. The average Bonchev–Trinajstić information content (AvgIpc) is 2.00. The molecule has 0 fully saturated rings. The minimum absolute atomic E-state index is 0.297. The Morgan fingerprint density at radius 1 is 1.20 bits per heavy atom. The van der Waals surface area contributed by atoms with Crippen molar-refractivity contribution in [2.75, 3.05) is 6.26 Å². The largest absolute Gasteiger partial charge is 0.491 e. The van der Waals surface area contributed by atoms with Crippen LogP contribution in [0.2, 0.25) is 0 Å². The van der Waals surface area contributed by atoms with E-state index < -0.39 is 38.9 Å². The van der Waals surface area contributed by atoms with Crippen LogP contribution >= 0.6 is 0 Å². The molecule has 0 saturated heterocycles. The lowest BCUT2D eigenvalue weighted by atomic mass is 9.80. The molecule has 0 heterocycles. The molecule has 4 nitrogen and oxygen atoms in total. The SMILES string of the molecule is CS(=O)(=O)c1cc(B(O)O)c(F)cc1F. The molecule has 82 valence electrons. The van der Waals surface area contributed by atoms with Gasteiger partial charge in [0.1, 0.15) is 16.5 Å². The van der Waals surface area contributed by atoms with Gasteiger partial charge in [-0.2, -0.15) is 0 Å². The Bertz CT molecular complexity index is 486. The summed E-state index contributed by atoms with van der Waals surface area (Å²) in [6.07, 6.45) is 0.733. The van der Waals surface area contributed by atoms with Crippen molar-refractivity contribution in [1.29, 1.82) is 0 Å². The van der Waals surface area contributed by atoms with Crippen LogP contribution in [0.4, 0.5) is 8.78 Å². The Labute approximate surface area is 85.2 Å². The third-order valence-electron chi connectivity index (χ3n) is 1.73. The van der Waals surface area contributed by atoms with Gasteiger partial charge in [-0.1, -0.05) is 0 Å². The van der Waals surface area contributed by atoms with E-state index in [9.17, 15) is 17.2 Å². The highest BCUT2D eigenvalue weighted by atomic mass is 32.2. The first-order valence-corrected chi connectivity index (χ1v) is 5.67. The predicted octanol–water partition coefficient (Wildman–Crippen LogP) is -0.952. The zero-order chi connectivity index (χ0) is 11.8. The summed E-state index contributed by atoms with van der Waals surface area (Å²) in [5.41, 5.74) is -0.683. The molecular weight excluding hydrogens is 229 g/mol. The van der Waals surface area contributed by atoms with Crippen molar-refractivity contribution < 1.29 is 27.2 Å². The van der Waals surface area contributed by atoms with Crippen LogP contribution < -0.4 is 5.46 Å². The molecule has 1 aromatic rings. The highest BCUT2D eigenvalue weighted by Gasteiger charge is 2.23. The number of rotatable bonds is 2. The van der Waals surface area contributed by atoms with E-state index in [1.165, 1.54) is 0 Å². The maximum absolute atomic E-state index is 13.0. The molecule has 0 radical (unpaired) electrons. The summed E-state index contributed by atoms with van der Waals surface area (Å²) in [7, 11) is -6.06. The van der Waals surface area contributed by atoms with E-state index in [2.05, 4.69) is 0 Å². The molecule has 0 bridgehead atoms. The van der Waals surface area contributed by atoms with E-state index in [-0.39, 0.29) is 0 Å². The molecule has 0 unspecified atom stereocenters. The smallest absolute Gasteiger partial charge is 0.423 e. The first-order chi connectivity index (χ1) is 6.73. The molecule has 0 atom stereocenters. The van der Waals surface area contributed by atoms with Crippen LogP contribution in [0.1, 0.15) is 0 Å². The first-order valence-electron chi connectivity index (χ1n) is 3.78. The third-order valence-corrected chi connectivity index (χ3v) is 2.84. The molecule has 2 N–H and O–H groups in total. The summed E-state index contributed by atoms with van der Waals surface area (Å²) in [5, 5.41) is 17.4. The van der Waals surface area contributed by atoms with Crippen molar-refractivity contribution in [3.8, 4) is 0 Å². The maximum atomic E-state index is 13.0. The van der Waals surface area contributed by atoms with Crippen molar-refractivity contribution in [2.24, 2.45) is 0 Å². The Balaban J connectivity index is 3.50. The second-order valence-corrected chi connectivity index (χ2v) is 4.93. The first kappa shape index (κ1) is 12.1. The molecule has 0 aromatic heterocycles. The average molecular weight is 236 g/mol. The monoisotopic (exact) mass is 236 g/mol. The molecular formula is C7H7BF2O4S. The van der Waals surface area contributed by atoms with Crippen molar-refractivity contribution in [1.82, 2.24) is 0 Å². The van der Waals surface area contributed by atoms with Crippen LogP contribution in [0.25, 0.3) is 0 Å².